The van der Waals surface area contributed by atoms with Crippen LogP contribution in [0.25, 0.3) is 0 Å². The minimum absolute atomic E-state index is 0.645. The average Bonchev–Trinajstić information content (AvgIpc) is 2.26. The van der Waals surface area contributed by atoms with Gasteiger partial charge in [0, 0.05) is 18.2 Å². The van der Waals surface area contributed by atoms with E-state index < -0.39 is 0 Å². The molecule has 0 spiro atoms. The Morgan fingerprint density at radius 2 is 2.33 bits per heavy atom. The highest BCUT2D eigenvalue weighted by molar-refractivity contribution is 5.36. The zero-order valence-electron chi connectivity index (χ0n) is 8.99. The van der Waals surface area contributed by atoms with E-state index in [1.165, 1.54) is 0 Å². The van der Waals surface area contributed by atoms with Crippen LogP contribution in [0.15, 0.2) is 18.5 Å². The predicted molar refractivity (Wildman–Crippen MR) is 60.6 cm³/mol. The Balaban J connectivity index is 2.59. The van der Waals surface area contributed by atoms with Gasteiger partial charge < -0.3 is 10.5 Å². The molecular formula is C12H16N2O. The second-order valence-electron chi connectivity index (χ2n) is 3.04. The number of hydrogen-bond donors (Lipinski definition) is 1. The van der Waals surface area contributed by atoms with Crippen molar-refractivity contribution in [2.45, 2.75) is 19.8 Å². The summed E-state index contributed by atoms with van der Waals surface area (Å²) < 4.78 is 5.32. The molecule has 0 saturated carbocycles. The zero-order valence-corrected chi connectivity index (χ0v) is 8.99. The van der Waals surface area contributed by atoms with Crippen LogP contribution in [-0.4, -0.2) is 18.1 Å². The van der Waals surface area contributed by atoms with Gasteiger partial charge in [0.05, 0.1) is 12.8 Å². The first kappa shape index (κ1) is 11.5. The van der Waals surface area contributed by atoms with E-state index in [1.54, 1.807) is 12.4 Å². The minimum atomic E-state index is 0.645. The van der Waals surface area contributed by atoms with Crippen molar-refractivity contribution in [2.24, 2.45) is 5.73 Å². The maximum absolute atomic E-state index is 5.37. The highest BCUT2D eigenvalue weighted by Gasteiger charge is 1.93. The first-order chi connectivity index (χ1) is 7.36. The fourth-order valence-electron chi connectivity index (χ4n) is 1.09. The lowest BCUT2D eigenvalue weighted by Gasteiger charge is -2.01. The Kier molecular flexibility index (Phi) is 5.28. The lowest BCUT2D eigenvalue weighted by atomic mass is 10.2. The van der Waals surface area contributed by atoms with E-state index >= 15 is 0 Å². The topological polar surface area (TPSA) is 48.1 Å². The number of aromatic nitrogens is 1. The molecule has 1 rings (SSSR count). The number of rotatable bonds is 4. The molecule has 0 aliphatic heterocycles. The summed E-state index contributed by atoms with van der Waals surface area (Å²) in [5.74, 6) is 6.84. The van der Waals surface area contributed by atoms with Crippen LogP contribution in [0.4, 0.5) is 0 Å². The van der Waals surface area contributed by atoms with E-state index in [4.69, 9.17) is 10.5 Å². The number of hydrogen-bond acceptors (Lipinski definition) is 3. The normalized spacial score (nSPS) is 9.20. The van der Waals surface area contributed by atoms with Gasteiger partial charge in [-0.25, -0.2) is 0 Å². The van der Waals surface area contributed by atoms with E-state index in [2.05, 4.69) is 16.8 Å². The molecule has 0 bridgehead atoms. The van der Waals surface area contributed by atoms with Crippen LogP contribution in [-0.2, 0) is 0 Å². The molecule has 0 fully saturated rings. The smallest absolute Gasteiger partial charge is 0.138 e. The van der Waals surface area contributed by atoms with E-state index in [9.17, 15) is 0 Å². The SMILES string of the molecule is CCOc1cncc(C#CCCCN)c1. The van der Waals surface area contributed by atoms with Crippen molar-refractivity contribution < 1.29 is 4.74 Å². The molecule has 0 aliphatic carbocycles. The Labute approximate surface area is 90.7 Å². The van der Waals surface area contributed by atoms with Crippen LogP contribution in [0, 0.1) is 11.8 Å². The van der Waals surface area contributed by atoms with Crippen molar-refractivity contribution in [3.8, 4) is 17.6 Å². The number of pyridine rings is 1. The van der Waals surface area contributed by atoms with Gasteiger partial charge >= 0.3 is 0 Å². The van der Waals surface area contributed by atoms with Crippen LogP contribution in [0.5, 0.6) is 5.75 Å². The van der Waals surface area contributed by atoms with Crippen molar-refractivity contribution in [3.63, 3.8) is 0 Å². The van der Waals surface area contributed by atoms with Crippen molar-refractivity contribution in [1.82, 2.24) is 4.98 Å². The maximum atomic E-state index is 5.37. The van der Waals surface area contributed by atoms with Gasteiger partial charge in [0.2, 0.25) is 0 Å². The molecule has 1 aromatic heterocycles. The van der Waals surface area contributed by atoms with Crippen molar-refractivity contribution in [3.05, 3.63) is 24.0 Å². The fraction of sp³-hybridized carbons (Fsp3) is 0.417. The van der Waals surface area contributed by atoms with Gasteiger partial charge in [0.25, 0.3) is 0 Å². The van der Waals surface area contributed by atoms with E-state index in [1.807, 2.05) is 13.0 Å². The Morgan fingerprint density at radius 3 is 3.07 bits per heavy atom. The van der Waals surface area contributed by atoms with E-state index in [-0.39, 0.29) is 0 Å². The maximum Gasteiger partial charge on any atom is 0.138 e. The van der Waals surface area contributed by atoms with Crippen LogP contribution < -0.4 is 10.5 Å². The van der Waals surface area contributed by atoms with Gasteiger partial charge in [0.15, 0.2) is 0 Å². The third kappa shape index (κ3) is 4.48. The third-order valence-corrected chi connectivity index (χ3v) is 1.76. The van der Waals surface area contributed by atoms with Gasteiger partial charge in [-0.2, -0.15) is 0 Å². The predicted octanol–water partition coefficient (Wildman–Crippen LogP) is 1.57. The molecule has 0 unspecified atom stereocenters. The molecule has 80 valence electrons. The molecule has 3 nitrogen and oxygen atoms in total. The first-order valence-electron chi connectivity index (χ1n) is 5.13. The molecule has 1 aromatic rings. The van der Waals surface area contributed by atoms with E-state index in [0.29, 0.717) is 13.2 Å². The first-order valence-corrected chi connectivity index (χ1v) is 5.13. The molecule has 0 saturated heterocycles. The summed E-state index contributed by atoms with van der Waals surface area (Å²) in [5, 5.41) is 0. The molecular weight excluding hydrogens is 188 g/mol. The molecule has 2 N–H and O–H groups in total. The van der Waals surface area contributed by atoms with Gasteiger partial charge in [-0.1, -0.05) is 11.8 Å². The summed E-state index contributed by atoms with van der Waals surface area (Å²) in [4.78, 5) is 4.05. The number of unbranched alkanes of at least 4 members (excludes halogenated alkanes) is 1. The quantitative estimate of drug-likeness (QED) is 0.598. The van der Waals surface area contributed by atoms with Crippen LogP contribution in [0.1, 0.15) is 25.3 Å². The second kappa shape index (κ2) is 6.86. The average molecular weight is 204 g/mol. The van der Waals surface area contributed by atoms with Crippen molar-refractivity contribution >= 4 is 0 Å². The van der Waals surface area contributed by atoms with Crippen molar-refractivity contribution in [1.29, 1.82) is 0 Å². The molecule has 0 aromatic carbocycles. The lowest BCUT2D eigenvalue weighted by molar-refractivity contribution is 0.339. The zero-order chi connectivity index (χ0) is 10.9. The Bertz CT molecular complexity index is 352. The van der Waals surface area contributed by atoms with Crippen LogP contribution >= 0.6 is 0 Å². The molecule has 0 radical (unpaired) electrons. The Morgan fingerprint density at radius 1 is 1.47 bits per heavy atom. The largest absolute Gasteiger partial charge is 0.492 e. The highest BCUT2D eigenvalue weighted by Crippen LogP contribution is 2.09. The van der Waals surface area contributed by atoms with Gasteiger partial charge in [-0.15, -0.1) is 0 Å². The van der Waals surface area contributed by atoms with Gasteiger partial charge in [0.1, 0.15) is 5.75 Å². The minimum Gasteiger partial charge on any atom is -0.492 e. The molecule has 15 heavy (non-hydrogen) atoms. The van der Waals surface area contributed by atoms with Crippen LogP contribution in [0.3, 0.4) is 0 Å². The summed E-state index contributed by atoms with van der Waals surface area (Å²) >= 11 is 0. The molecule has 0 atom stereocenters. The van der Waals surface area contributed by atoms with Gasteiger partial charge in [-0.3, -0.25) is 4.98 Å². The monoisotopic (exact) mass is 204 g/mol. The summed E-state index contributed by atoms with van der Waals surface area (Å²) in [7, 11) is 0. The molecule has 0 aliphatic rings. The van der Waals surface area contributed by atoms with E-state index in [0.717, 1.165) is 24.2 Å². The fourth-order valence-corrected chi connectivity index (χ4v) is 1.09. The second-order valence-corrected chi connectivity index (χ2v) is 3.04. The standard InChI is InChI=1S/C12H16N2O/c1-2-15-12-8-11(9-14-10-12)6-4-3-5-7-13/h8-10H,2-3,5,7,13H2,1H3. The highest BCUT2D eigenvalue weighted by atomic mass is 16.5. The summed E-state index contributed by atoms with van der Waals surface area (Å²) in [6.45, 7) is 3.28. The number of nitrogens with two attached hydrogens (primary N) is 1. The van der Waals surface area contributed by atoms with Gasteiger partial charge in [-0.05, 0) is 26.0 Å². The Hall–Kier alpha value is -1.53. The summed E-state index contributed by atoms with van der Waals surface area (Å²) in [6.07, 6.45) is 5.19. The molecule has 3 heteroatoms. The number of nitrogens with zero attached hydrogens (tertiary/aromatic N) is 1. The molecule has 1 heterocycles. The molecule has 0 amide bonds. The van der Waals surface area contributed by atoms with Crippen LogP contribution in [0.2, 0.25) is 0 Å². The third-order valence-electron chi connectivity index (χ3n) is 1.76. The lowest BCUT2D eigenvalue weighted by Crippen LogP contribution is -1.96. The van der Waals surface area contributed by atoms with Crippen molar-refractivity contribution in [2.75, 3.05) is 13.2 Å². The summed E-state index contributed by atoms with van der Waals surface area (Å²) in [5.41, 5.74) is 6.26. The summed E-state index contributed by atoms with van der Waals surface area (Å²) in [6, 6.07) is 1.89. The number of ether oxygens (including phenoxy) is 1.